The standard InChI is InChI=1S/C28H27F2N3O3/c1-4-5-21(13-19(3)34)20-6-8-24(9-7-20)35-16-23-14-22(15-32-27(23)33-17-31)26-11-10-25(12-18(26)2)36-28(29)30/h6-12,14-15,17,21,28H,13,16H2,1-3H3,(H2,31,32,33). The molecule has 1 unspecified atom stereocenters. The number of rotatable bonds is 10. The van der Waals surface area contributed by atoms with Gasteiger partial charge in [-0.3, -0.25) is 4.79 Å². The fraction of sp³-hybridized carbons (Fsp3) is 0.250. The van der Waals surface area contributed by atoms with E-state index in [0.29, 0.717) is 23.6 Å². The Balaban J connectivity index is 1.81. The van der Waals surface area contributed by atoms with Gasteiger partial charge in [0, 0.05) is 23.7 Å². The van der Waals surface area contributed by atoms with Crippen LogP contribution in [-0.4, -0.2) is 23.7 Å². The summed E-state index contributed by atoms with van der Waals surface area (Å²) in [7, 11) is 0. The highest BCUT2D eigenvalue weighted by molar-refractivity contribution is 5.77. The van der Waals surface area contributed by atoms with Gasteiger partial charge in [0.25, 0.3) is 0 Å². The SMILES string of the molecule is CC#CC(CC(C)=O)c1ccc(OCc2cc(-c3ccc(OC(F)F)cc3C)cnc2N=CN)cc1. The highest BCUT2D eigenvalue weighted by Gasteiger charge is 2.13. The summed E-state index contributed by atoms with van der Waals surface area (Å²) >= 11 is 0. The van der Waals surface area contributed by atoms with Gasteiger partial charge in [0.15, 0.2) is 5.82 Å². The summed E-state index contributed by atoms with van der Waals surface area (Å²) in [5.74, 6) is 7.00. The molecule has 0 aliphatic heterocycles. The van der Waals surface area contributed by atoms with Gasteiger partial charge in [0.2, 0.25) is 0 Å². The maximum atomic E-state index is 12.5. The van der Waals surface area contributed by atoms with Gasteiger partial charge in [-0.15, -0.1) is 5.92 Å². The average Bonchev–Trinajstić information content (AvgIpc) is 2.83. The van der Waals surface area contributed by atoms with Gasteiger partial charge in [0.05, 0.1) is 12.3 Å². The van der Waals surface area contributed by atoms with E-state index in [-0.39, 0.29) is 24.1 Å². The van der Waals surface area contributed by atoms with Crippen LogP contribution in [0.2, 0.25) is 0 Å². The summed E-state index contributed by atoms with van der Waals surface area (Å²) < 4.78 is 35.5. The lowest BCUT2D eigenvalue weighted by atomic mass is 9.94. The number of pyridine rings is 1. The number of ketones is 1. The lowest BCUT2D eigenvalue weighted by Crippen LogP contribution is -2.03. The molecule has 3 rings (SSSR count). The first-order valence-corrected chi connectivity index (χ1v) is 11.2. The third kappa shape index (κ3) is 7.12. The Hall–Kier alpha value is -4.25. The van der Waals surface area contributed by atoms with Crippen molar-refractivity contribution in [2.45, 2.75) is 46.3 Å². The summed E-state index contributed by atoms with van der Waals surface area (Å²) in [5, 5.41) is 0. The van der Waals surface area contributed by atoms with Crippen LogP contribution in [-0.2, 0) is 11.4 Å². The summed E-state index contributed by atoms with van der Waals surface area (Å²) in [6, 6.07) is 14.1. The number of aromatic nitrogens is 1. The van der Waals surface area contributed by atoms with E-state index in [2.05, 4.69) is 26.6 Å². The van der Waals surface area contributed by atoms with Crippen molar-refractivity contribution in [2.24, 2.45) is 10.7 Å². The van der Waals surface area contributed by atoms with Crippen molar-refractivity contribution in [3.05, 3.63) is 71.4 Å². The van der Waals surface area contributed by atoms with Crippen molar-refractivity contribution < 1.29 is 23.0 Å². The molecule has 8 heteroatoms. The molecular formula is C28H27F2N3O3. The Morgan fingerprint density at radius 3 is 2.50 bits per heavy atom. The number of Topliss-reactive ketones (excluding diaryl/α,β-unsaturated/α-hetero) is 1. The molecule has 2 aromatic carbocycles. The molecule has 3 aromatic rings. The molecule has 1 aromatic heterocycles. The van der Waals surface area contributed by atoms with Gasteiger partial charge < -0.3 is 15.2 Å². The first-order chi connectivity index (χ1) is 17.3. The molecule has 0 fully saturated rings. The van der Waals surface area contributed by atoms with Crippen LogP contribution < -0.4 is 15.2 Å². The third-order valence-electron chi connectivity index (χ3n) is 5.36. The molecule has 2 N–H and O–H groups in total. The Morgan fingerprint density at radius 2 is 1.89 bits per heavy atom. The van der Waals surface area contributed by atoms with Crippen molar-refractivity contribution in [1.82, 2.24) is 4.98 Å². The number of aliphatic imine (C=N–C) groups is 1. The summed E-state index contributed by atoms with van der Waals surface area (Å²) in [5.41, 5.74) is 9.46. The van der Waals surface area contributed by atoms with Crippen LogP contribution >= 0.6 is 0 Å². The minimum absolute atomic E-state index is 0.0786. The number of alkyl halides is 2. The van der Waals surface area contributed by atoms with Crippen LogP contribution in [0.5, 0.6) is 11.5 Å². The van der Waals surface area contributed by atoms with Gasteiger partial charge >= 0.3 is 6.61 Å². The second-order valence-electron chi connectivity index (χ2n) is 8.05. The van der Waals surface area contributed by atoms with Crippen molar-refractivity contribution in [3.8, 4) is 34.5 Å². The van der Waals surface area contributed by atoms with Crippen molar-refractivity contribution in [1.29, 1.82) is 0 Å². The number of ether oxygens (including phenoxy) is 2. The lowest BCUT2D eigenvalue weighted by molar-refractivity contribution is -0.117. The summed E-state index contributed by atoms with van der Waals surface area (Å²) in [6.45, 7) is 2.39. The fourth-order valence-electron chi connectivity index (χ4n) is 3.75. The smallest absolute Gasteiger partial charge is 0.387 e. The number of halogens is 2. The predicted molar refractivity (Wildman–Crippen MR) is 136 cm³/mol. The van der Waals surface area contributed by atoms with Crippen LogP contribution in [0.1, 0.15) is 42.9 Å². The molecule has 1 atom stereocenters. The second kappa shape index (κ2) is 12.5. The number of hydrogen-bond acceptors (Lipinski definition) is 5. The molecule has 0 spiro atoms. The summed E-state index contributed by atoms with van der Waals surface area (Å²) in [6.07, 6.45) is 3.15. The fourth-order valence-corrected chi connectivity index (χ4v) is 3.75. The number of nitrogens with two attached hydrogens (primary N) is 1. The number of aryl methyl sites for hydroxylation is 1. The van der Waals surface area contributed by atoms with E-state index in [9.17, 15) is 13.6 Å². The number of benzene rings is 2. The van der Waals surface area contributed by atoms with E-state index in [1.165, 1.54) is 6.07 Å². The number of hydrogen-bond donors (Lipinski definition) is 1. The first kappa shape index (κ1) is 26.4. The number of carbonyl (C=O) groups is 1. The van der Waals surface area contributed by atoms with Gasteiger partial charge in [-0.05, 0) is 67.8 Å². The Morgan fingerprint density at radius 1 is 1.17 bits per heavy atom. The first-order valence-electron chi connectivity index (χ1n) is 11.2. The van der Waals surface area contributed by atoms with E-state index < -0.39 is 6.61 Å². The second-order valence-corrected chi connectivity index (χ2v) is 8.05. The molecule has 186 valence electrons. The minimum atomic E-state index is -2.89. The van der Waals surface area contributed by atoms with Gasteiger partial charge in [-0.25, -0.2) is 9.98 Å². The van der Waals surface area contributed by atoms with Gasteiger partial charge in [-0.2, -0.15) is 8.78 Å². The molecular weight excluding hydrogens is 464 g/mol. The van der Waals surface area contributed by atoms with E-state index in [0.717, 1.165) is 28.6 Å². The van der Waals surface area contributed by atoms with Crippen LogP contribution in [0.3, 0.4) is 0 Å². The van der Waals surface area contributed by atoms with Crippen LogP contribution in [0, 0.1) is 18.8 Å². The maximum absolute atomic E-state index is 12.5. The van der Waals surface area contributed by atoms with E-state index in [1.807, 2.05) is 30.3 Å². The molecule has 0 bridgehead atoms. The predicted octanol–water partition coefficient (Wildman–Crippen LogP) is 5.94. The lowest BCUT2D eigenvalue weighted by Gasteiger charge is -2.13. The van der Waals surface area contributed by atoms with Crippen LogP contribution in [0.15, 0.2) is 59.7 Å². The Labute approximate surface area is 209 Å². The van der Waals surface area contributed by atoms with Crippen molar-refractivity contribution >= 4 is 17.9 Å². The summed E-state index contributed by atoms with van der Waals surface area (Å²) in [4.78, 5) is 20.1. The largest absolute Gasteiger partial charge is 0.489 e. The van der Waals surface area contributed by atoms with E-state index in [1.54, 1.807) is 39.1 Å². The van der Waals surface area contributed by atoms with Crippen LogP contribution in [0.4, 0.5) is 14.6 Å². The zero-order valence-electron chi connectivity index (χ0n) is 20.3. The molecule has 0 amide bonds. The highest BCUT2D eigenvalue weighted by atomic mass is 19.3. The molecule has 0 aliphatic carbocycles. The molecule has 0 saturated heterocycles. The molecule has 6 nitrogen and oxygen atoms in total. The molecule has 1 heterocycles. The molecule has 0 radical (unpaired) electrons. The zero-order valence-corrected chi connectivity index (χ0v) is 20.3. The van der Waals surface area contributed by atoms with Crippen LogP contribution in [0.25, 0.3) is 11.1 Å². The van der Waals surface area contributed by atoms with E-state index in [4.69, 9.17) is 10.5 Å². The van der Waals surface area contributed by atoms with Gasteiger partial charge in [-0.1, -0.05) is 24.1 Å². The maximum Gasteiger partial charge on any atom is 0.387 e. The van der Waals surface area contributed by atoms with Crippen molar-refractivity contribution in [3.63, 3.8) is 0 Å². The normalized spacial score (nSPS) is 11.7. The molecule has 0 saturated carbocycles. The van der Waals surface area contributed by atoms with Gasteiger partial charge in [0.1, 0.15) is 23.9 Å². The van der Waals surface area contributed by atoms with E-state index >= 15 is 0 Å². The number of carbonyl (C=O) groups excluding carboxylic acids is 1. The minimum Gasteiger partial charge on any atom is -0.489 e. The number of nitrogens with zero attached hydrogens (tertiary/aromatic N) is 2. The zero-order chi connectivity index (χ0) is 26.1. The third-order valence-corrected chi connectivity index (χ3v) is 5.36. The average molecular weight is 492 g/mol. The quantitative estimate of drug-likeness (QED) is 0.215. The Kier molecular flexibility index (Phi) is 9.12. The Bertz CT molecular complexity index is 1300. The molecule has 36 heavy (non-hydrogen) atoms. The van der Waals surface area contributed by atoms with Crippen molar-refractivity contribution in [2.75, 3.05) is 0 Å². The monoisotopic (exact) mass is 491 g/mol. The molecule has 0 aliphatic rings. The highest BCUT2D eigenvalue weighted by Crippen LogP contribution is 2.31. The topological polar surface area (TPSA) is 86.8 Å².